The molecular formula is C20H12FN3O2. The van der Waals surface area contributed by atoms with Gasteiger partial charge in [0.15, 0.2) is 5.58 Å². The van der Waals surface area contributed by atoms with Crippen molar-refractivity contribution in [2.75, 3.05) is 0 Å². The van der Waals surface area contributed by atoms with E-state index in [9.17, 15) is 9.18 Å². The van der Waals surface area contributed by atoms with E-state index in [1.165, 1.54) is 10.8 Å². The van der Waals surface area contributed by atoms with Gasteiger partial charge in [0.2, 0.25) is 0 Å². The molecular weight excluding hydrogens is 333 g/mol. The molecule has 0 amide bonds. The molecule has 5 aromatic rings. The van der Waals surface area contributed by atoms with Gasteiger partial charge in [-0.2, -0.15) is 0 Å². The first kappa shape index (κ1) is 14.7. The van der Waals surface area contributed by atoms with Crippen molar-refractivity contribution in [3.05, 3.63) is 82.9 Å². The maximum atomic E-state index is 14.0. The van der Waals surface area contributed by atoms with Crippen molar-refractivity contribution in [1.29, 1.82) is 0 Å². The molecule has 0 unspecified atom stereocenters. The number of benzene rings is 3. The molecule has 0 atom stereocenters. The van der Waals surface area contributed by atoms with Crippen LogP contribution in [0.4, 0.5) is 4.39 Å². The standard InChI is InChI=1S/C20H12FN3O2/c21-15-7-3-1-5-13(15)19-22-16-10-9-12(11-17(16)23-19)24-20(25)14-6-2-4-8-18(14)26-24/h1-11H,(H,22,23). The Kier molecular flexibility index (Phi) is 3.05. The van der Waals surface area contributed by atoms with Crippen LogP contribution in [0.25, 0.3) is 39.1 Å². The monoisotopic (exact) mass is 345 g/mol. The van der Waals surface area contributed by atoms with Crippen molar-refractivity contribution in [1.82, 2.24) is 14.7 Å². The third-order valence-electron chi connectivity index (χ3n) is 4.32. The van der Waals surface area contributed by atoms with Crippen LogP contribution in [0, 0.1) is 5.82 Å². The van der Waals surface area contributed by atoms with Crippen LogP contribution in [-0.2, 0) is 0 Å². The molecule has 0 aliphatic carbocycles. The summed E-state index contributed by atoms with van der Waals surface area (Å²) in [5, 5.41) is 0.518. The molecule has 0 radical (unpaired) electrons. The Bertz CT molecular complexity index is 1330. The van der Waals surface area contributed by atoms with E-state index in [2.05, 4.69) is 9.97 Å². The first-order valence-corrected chi connectivity index (χ1v) is 8.07. The highest BCUT2D eigenvalue weighted by Crippen LogP contribution is 2.24. The molecule has 2 heterocycles. The number of fused-ring (bicyclic) bond motifs is 2. The molecule has 0 saturated carbocycles. The van der Waals surface area contributed by atoms with E-state index in [0.29, 0.717) is 39.1 Å². The normalized spacial score (nSPS) is 11.4. The minimum Gasteiger partial charge on any atom is -0.371 e. The fraction of sp³-hybridized carbons (Fsp3) is 0. The SMILES string of the molecule is O=c1c2ccccc2on1-c1ccc2nc(-c3ccccc3F)[nH]c2c1. The average Bonchev–Trinajstić information content (AvgIpc) is 3.23. The van der Waals surface area contributed by atoms with Gasteiger partial charge in [-0.3, -0.25) is 4.79 Å². The summed E-state index contributed by atoms with van der Waals surface area (Å²) in [6.07, 6.45) is 0. The lowest BCUT2D eigenvalue weighted by Crippen LogP contribution is -2.11. The fourth-order valence-electron chi connectivity index (χ4n) is 3.05. The summed E-state index contributed by atoms with van der Waals surface area (Å²) in [5.41, 5.74) is 2.63. The molecule has 6 heteroatoms. The molecule has 0 fully saturated rings. The van der Waals surface area contributed by atoms with Gasteiger partial charge < -0.3 is 9.51 Å². The zero-order valence-electron chi connectivity index (χ0n) is 13.4. The van der Waals surface area contributed by atoms with Gasteiger partial charge in [0.05, 0.1) is 27.7 Å². The van der Waals surface area contributed by atoms with E-state index < -0.39 is 0 Å². The van der Waals surface area contributed by atoms with Crippen LogP contribution in [0.5, 0.6) is 0 Å². The van der Waals surface area contributed by atoms with Gasteiger partial charge in [0.25, 0.3) is 5.56 Å². The maximum Gasteiger partial charge on any atom is 0.295 e. The summed E-state index contributed by atoms with van der Waals surface area (Å²) in [5.74, 6) is 0.0903. The number of nitrogens with one attached hydrogen (secondary N) is 1. The Hall–Kier alpha value is -3.67. The van der Waals surface area contributed by atoms with Gasteiger partial charge in [0.1, 0.15) is 11.6 Å². The van der Waals surface area contributed by atoms with Gasteiger partial charge >= 0.3 is 0 Å². The van der Waals surface area contributed by atoms with Gasteiger partial charge in [-0.1, -0.05) is 24.3 Å². The summed E-state index contributed by atoms with van der Waals surface area (Å²) in [4.78, 5) is 20.1. The highest BCUT2D eigenvalue weighted by molar-refractivity contribution is 5.82. The van der Waals surface area contributed by atoms with Gasteiger partial charge in [0, 0.05) is 0 Å². The summed E-state index contributed by atoms with van der Waals surface area (Å²) in [6.45, 7) is 0. The Morgan fingerprint density at radius 1 is 1.00 bits per heavy atom. The molecule has 0 bridgehead atoms. The molecule has 2 aromatic heterocycles. The summed E-state index contributed by atoms with van der Waals surface area (Å²) in [7, 11) is 0. The quantitative estimate of drug-likeness (QED) is 0.520. The number of aromatic amines is 1. The summed E-state index contributed by atoms with van der Waals surface area (Å²) >= 11 is 0. The number of aromatic nitrogens is 3. The second-order valence-corrected chi connectivity index (χ2v) is 5.95. The van der Waals surface area contributed by atoms with E-state index in [-0.39, 0.29) is 11.4 Å². The zero-order chi connectivity index (χ0) is 17.7. The van der Waals surface area contributed by atoms with Crippen molar-refractivity contribution in [3.8, 4) is 17.1 Å². The van der Waals surface area contributed by atoms with Gasteiger partial charge in [-0.25, -0.2) is 9.37 Å². The molecule has 0 spiro atoms. The minimum atomic E-state index is -0.347. The van der Waals surface area contributed by atoms with E-state index in [1.807, 2.05) is 6.07 Å². The first-order valence-electron chi connectivity index (χ1n) is 8.07. The van der Waals surface area contributed by atoms with Crippen molar-refractivity contribution in [2.24, 2.45) is 0 Å². The van der Waals surface area contributed by atoms with Gasteiger partial charge in [-0.05, 0) is 42.5 Å². The first-order chi connectivity index (χ1) is 12.7. The van der Waals surface area contributed by atoms with Crippen LogP contribution < -0.4 is 5.56 Å². The van der Waals surface area contributed by atoms with E-state index in [4.69, 9.17) is 4.52 Å². The van der Waals surface area contributed by atoms with Crippen LogP contribution in [0.3, 0.4) is 0 Å². The molecule has 126 valence electrons. The predicted octanol–water partition coefficient (Wildman–Crippen LogP) is 4.27. The van der Waals surface area contributed by atoms with E-state index in [0.717, 1.165) is 0 Å². The number of hydrogen-bond donors (Lipinski definition) is 1. The Morgan fingerprint density at radius 3 is 2.65 bits per heavy atom. The lowest BCUT2D eigenvalue weighted by Gasteiger charge is -1.99. The molecule has 26 heavy (non-hydrogen) atoms. The number of H-pyrrole nitrogens is 1. The molecule has 0 aliphatic heterocycles. The highest BCUT2D eigenvalue weighted by Gasteiger charge is 2.13. The lowest BCUT2D eigenvalue weighted by atomic mass is 10.2. The van der Waals surface area contributed by atoms with Crippen LogP contribution in [0.1, 0.15) is 0 Å². The minimum absolute atomic E-state index is 0.228. The Labute approximate surface area is 146 Å². The second kappa shape index (κ2) is 5.42. The second-order valence-electron chi connectivity index (χ2n) is 5.95. The summed E-state index contributed by atoms with van der Waals surface area (Å²) < 4.78 is 20.9. The molecule has 5 nitrogen and oxygen atoms in total. The van der Waals surface area contributed by atoms with E-state index in [1.54, 1.807) is 54.6 Å². The third-order valence-corrected chi connectivity index (χ3v) is 4.32. The molecule has 3 aromatic carbocycles. The fourth-order valence-corrected chi connectivity index (χ4v) is 3.05. The van der Waals surface area contributed by atoms with Crippen LogP contribution >= 0.6 is 0 Å². The largest absolute Gasteiger partial charge is 0.371 e. The molecule has 0 saturated heterocycles. The van der Waals surface area contributed by atoms with Crippen LogP contribution in [-0.4, -0.2) is 14.7 Å². The third kappa shape index (κ3) is 2.16. The number of halogens is 1. The van der Waals surface area contributed by atoms with Crippen LogP contribution in [0.15, 0.2) is 76.0 Å². The van der Waals surface area contributed by atoms with Crippen LogP contribution in [0.2, 0.25) is 0 Å². The number of para-hydroxylation sites is 1. The number of imidazole rings is 1. The number of nitrogens with zero attached hydrogens (tertiary/aromatic N) is 2. The average molecular weight is 345 g/mol. The van der Waals surface area contributed by atoms with Crippen molar-refractivity contribution < 1.29 is 8.91 Å². The highest BCUT2D eigenvalue weighted by atomic mass is 19.1. The lowest BCUT2D eigenvalue weighted by molar-refractivity contribution is 0.368. The maximum absolute atomic E-state index is 14.0. The zero-order valence-corrected chi connectivity index (χ0v) is 13.4. The molecule has 0 aliphatic rings. The van der Waals surface area contributed by atoms with E-state index >= 15 is 0 Å². The topological polar surface area (TPSA) is 63.8 Å². The number of rotatable bonds is 2. The molecule has 1 N–H and O–H groups in total. The Morgan fingerprint density at radius 2 is 1.81 bits per heavy atom. The smallest absolute Gasteiger partial charge is 0.295 e. The summed E-state index contributed by atoms with van der Waals surface area (Å²) in [6, 6.07) is 18.8. The van der Waals surface area contributed by atoms with Crippen molar-refractivity contribution >= 4 is 22.0 Å². The molecule has 5 rings (SSSR count). The van der Waals surface area contributed by atoms with Gasteiger partial charge in [-0.15, -0.1) is 4.74 Å². The Balaban J connectivity index is 1.67. The predicted molar refractivity (Wildman–Crippen MR) is 96.9 cm³/mol. The number of hydrogen-bond acceptors (Lipinski definition) is 3. The van der Waals surface area contributed by atoms with Crippen molar-refractivity contribution in [2.45, 2.75) is 0 Å². The van der Waals surface area contributed by atoms with Crippen molar-refractivity contribution in [3.63, 3.8) is 0 Å².